The van der Waals surface area contributed by atoms with Crippen LogP contribution in [0.4, 0.5) is 0 Å². The van der Waals surface area contributed by atoms with Crippen molar-refractivity contribution in [3.05, 3.63) is 0 Å². The van der Waals surface area contributed by atoms with Gasteiger partial charge in [-0.2, -0.15) is 0 Å². The zero-order chi connectivity index (χ0) is 12.8. The van der Waals surface area contributed by atoms with Gasteiger partial charge in [0.1, 0.15) is 0 Å². The quantitative estimate of drug-likeness (QED) is 0.814. The molecule has 0 bridgehead atoms. The lowest BCUT2D eigenvalue weighted by atomic mass is 9.90. The van der Waals surface area contributed by atoms with Crippen molar-refractivity contribution in [3.63, 3.8) is 0 Å². The van der Waals surface area contributed by atoms with Gasteiger partial charge in [0.05, 0.1) is 0 Å². The van der Waals surface area contributed by atoms with Crippen LogP contribution in [0.2, 0.25) is 0 Å². The highest BCUT2D eigenvalue weighted by Crippen LogP contribution is 2.25. The minimum Gasteiger partial charge on any atom is -0.381 e. The molecule has 0 aromatic heterocycles. The highest BCUT2D eigenvalue weighted by atomic mass is 16.5. The molecule has 2 aliphatic rings. The van der Waals surface area contributed by atoms with E-state index in [1.165, 1.54) is 51.7 Å². The maximum absolute atomic E-state index is 5.47. The molecule has 3 heteroatoms. The first-order chi connectivity index (χ1) is 8.81. The summed E-state index contributed by atoms with van der Waals surface area (Å²) in [7, 11) is 0. The third-order valence-corrected chi connectivity index (χ3v) is 4.74. The first-order valence-electron chi connectivity index (χ1n) is 7.86. The van der Waals surface area contributed by atoms with Crippen molar-refractivity contribution >= 4 is 0 Å². The summed E-state index contributed by atoms with van der Waals surface area (Å²) in [6.07, 6.45) is 6.42. The molecule has 3 nitrogen and oxygen atoms in total. The summed E-state index contributed by atoms with van der Waals surface area (Å²) in [5, 5.41) is 3.66. The Balaban J connectivity index is 1.71. The van der Waals surface area contributed by atoms with Crippen molar-refractivity contribution in [2.24, 2.45) is 5.92 Å². The highest BCUT2D eigenvalue weighted by Gasteiger charge is 2.28. The van der Waals surface area contributed by atoms with E-state index < -0.39 is 0 Å². The third-order valence-electron chi connectivity index (χ3n) is 4.74. The van der Waals surface area contributed by atoms with Gasteiger partial charge in [0.15, 0.2) is 0 Å². The van der Waals surface area contributed by atoms with Crippen LogP contribution in [-0.2, 0) is 4.74 Å². The number of likely N-dealkylation sites (tertiary alicyclic amines) is 1. The molecule has 2 fully saturated rings. The van der Waals surface area contributed by atoms with Crippen molar-refractivity contribution < 1.29 is 4.74 Å². The fourth-order valence-electron chi connectivity index (χ4n) is 3.36. The molecule has 2 rings (SSSR count). The lowest BCUT2D eigenvalue weighted by molar-refractivity contribution is 0.0229. The predicted molar refractivity (Wildman–Crippen MR) is 75.9 cm³/mol. The van der Waals surface area contributed by atoms with Crippen molar-refractivity contribution in [1.29, 1.82) is 0 Å². The van der Waals surface area contributed by atoms with Crippen LogP contribution in [0.1, 0.15) is 46.0 Å². The Morgan fingerprint density at radius 2 is 1.83 bits per heavy atom. The van der Waals surface area contributed by atoms with Crippen LogP contribution >= 0.6 is 0 Å². The van der Waals surface area contributed by atoms with Crippen LogP contribution in [0.25, 0.3) is 0 Å². The monoisotopic (exact) mass is 254 g/mol. The predicted octanol–water partition coefficient (Wildman–Crippen LogP) is 2.27. The van der Waals surface area contributed by atoms with E-state index >= 15 is 0 Å². The molecule has 2 saturated heterocycles. The minimum absolute atomic E-state index is 0.751. The van der Waals surface area contributed by atoms with Crippen LogP contribution < -0.4 is 5.32 Å². The van der Waals surface area contributed by atoms with Crippen LogP contribution in [0.5, 0.6) is 0 Å². The Hall–Kier alpha value is -0.120. The summed E-state index contributed by atoms with van der Waals surface area (Å²) in [6.45, 7) is 10.4. The van der Waals surface area contributed by atoms with Crippen LogP contribution in [-0.4, -0.2) is 49.8 Å². The zero-order valence-electron chi connectivity index (χ0n) is 12.2. The Morgan fingerprint density at radius 1 is 1.17 bits per heavy atom. The SMILES string of the molecule is CCCNC1CCN(C(C)C2CCOCC2)CC1. The average Bonchev–Trinajstić information content (AvgIpc) is 2.46. The summed E-state index contributed by atoms with van der Waals surface area (Å²) in [4.78, 5) is 2.71. The van der Waals surface area contributed by atoms with Crippen molar-refractivity contribution in [1.82, 2.24) is 10.2 Å². The van der Waals surface area contributed by atoms with E-state index in [0.717, 1.165) is 31.2 Å². The molecule has 0 aromatic rings. The molecular formula is C15H30N2O. The molecule has 1 N–H and O–H groups in total. The van der Waals surface area contributed by atoms with Gasteiger partial charge in [0.25, 0.3) is 0 Å². The molecule has 1 atom stereocenters. The number of hydrogen-bond donors (Lipinski definition) is 1. The van der Waals surface area contributed by atoms with E-state index in [1.54, 1.807) is 0 Å². The lowest BCUT2D eigenvalue weighted by Gasteiger charge is -2.40. The molecule has 0 amide bonds. The molecule has 18 heavy (non-hydrogen) atoms. The normalized spacial score (nSPS) is 26.3. The van der Waals surface area contributed by atoms with E-state index in [9.17, 15) is 0 Å². The standard InChI is InChI=1S/C15H30N2O/c1-3-8-16-15-4-9-17(10-5-15)13(2)14-6-11-18-12-7-14/h13-16H,3-12H2,1-2H3. The van der Waals surface area contributed by atoms with Gasteiger partial charge in [0.2, 0.25) is 0 Å². The Kier molecular flexibility index (Phi) is 5.93. The number of nitrogens with zero attached hydrogens (tertiary/aromatic N) is 1. The van der Waals surface area contributed by atoms with E-state index in [-0.39, 0.29) is 0 Å². The molecule has 0 radical (unpaired) electrons. The Bertz CT molecular complexity index is 221. The second-order valence-electron chi connectivity index (χ2n) is 5.95. The third kappa shape index (κ3) is 3.94. The number of ether oxygens (including phenoxy) is 1. The van der Waals surface area contributed by atoms with Gasteiger partial charge in [-0.3, -0.25) is 0 Å². The van der Waals surface area contributed by atoms with E-state index in [1.807, 2.05) is 0 Å². The van der Waals surface area contributed by atoms with Gasteiger partial charge in [-0.05, 0) is 64.6 Å². The topological polar surface area (TPSA) is 24.5 Å². The lowest BCUT2D eigenvalue weighted by Crippen LogP contribution is -2.48. The largest absolute Gasteiger partial charge is 0.381 e. The van der Waals surface area contributed by atoms with Crippen molar-refractivity contribution in [2.45, 2.75) is 58.0 Å². The zero-order valence-corrected chi connectivity index (χ0v) is 12.2. The molecule has 0 spiro atoms. The van der Waals surface area contributed by atoms with Gasteiger partial charge < -0.3 is 15.0 Å². The Labute approximate surface area is 112 Å². The van der Waals surface area contributed by atoms with Crippen LogP contribution in [0.15, 0.2) is 0 Å². The summed E-state index contributed by atoms with van der Waals surface area (Å²) in [5.41, 5.74) is 0. The molecule has 0 saturated carbocycles. The first-order valence-corrected chi connectivity index (χ1v) is 7.86. The Morgan fingerprint density at radius 3 is 2.44 bits per heavy atom. The average molecular weight is 254 g/mol. The molecule has 106 valence electrons. The molecule has 2 heterocycles. The molecule has 2 aliphatic heterocycles. The smallest absolute Gasteiger partial charge is 0.0469 e. The fourth-order valence-corrected chi connectivity index (χ4v) is 3.36. The number of nitrogens with one attached hydrogen (secondary N) is 1. The minimum atomic E-state index is 0.751. The number of piperidine rings is 1. The van der Waals surface area contributed by atoms with Crippen LogP contribution in [0, 0.1) is 5.92 Å². The molecular weight excluding hydrogens is 224 g/mol. The van der Waals surface area contributed by atoms with Gasteiger partial charge in [-0.15, -0.1) is 0 Å². The highest BCUT2D eigenvalue weighted by molar-refractivity contribution is 4.83. The van der Waals surface area contributed by atoms with Gasteiger partial charge >= 0.3 is 0 Å². The fraction of sp³-hybridized carbons (Fsp3) is 1.00. The first kappa shape index (κ1) is 14.3. The second kappa shape index (κ2) is 7.46. The second-order valence-corrected chi connectivity index (χ2v) is 5.95. The van der Waals surface area contributed by atoms with Gasteiger partial charge in [0, 0.05) is 25.3 Å². The maximum atomic E-state index is 5.47. The van der Waals surface area contributed by atoms with Crippen LogP contribution in [0.3, 0.4) is 0 Å². The van der Waals surface area contributed by atoms with Gasteiger partial charge in [-0.1, -0.05) is 6.92 Å². The van der Waals surface area contributed by atoms with Crippen molar-refractivity contribution in [3.8, 4) is 0 Å². The summed E-state index contributed by atoms with van der Waals surface area (Å²) < 4.78 is 5.47. The maximum Gasteiger partial charge on any atom is 0.0469 e. The number of hydrogen-bond acceptors (Lipinski definition) is 3. The number of rotatable bonds is 5. The van der Waals surface area contributed by atoms with Gasteiger partial charge in [-0.25, -0.2) is 0 Å². The summed E-state index contributed by atoms with van der Waals surface area (Å²) in [5.74, 6) is 0.860. The van der Waals surface area contributed by atoms with E-state index in [0.29, 0.717) is 0 Å². The van der Waals surface area contributed by atoms with E-state index in [4.69, 9.17) is 4.74 Å². The van der Waals surface area contributed by atoms with E-state index in [2.05, 4.69) is 24.1 Å². The molecule has 1 unspecified atom stereocenters. The molecule has 0 aliphatic carbocycles. The summed E-state index contributed by atoms with van der Waals surface area (Å²) >= 11 is 0. The summed E-state index contributed by atoms with van der Waals surface area (Å²) in [6, 6.07) is 1.52. The molecule has 0 aromatic carbocycles. The van der Waals surface area contributed by atoms with Crippen molar-refractivity contribution in [2.75, 3.05) is 32.8 Å².